The van der Waals surface area contributed by atoms with Gasteiger partial charge in [-0.15, -0.1) is 0 Å². The van der Waals surface area contributed by atoms with Crippen molar-refractivity contribution in [2.45, 2.75) is 72.6 Å². The Morgan fingerprint density at radius 3 is 2.33 bits per heavy atom. The standard InChI is InChI=1S/C40H45N3O3/c1-5-7-21-43-36(39(34-17-12-16-33(24-34)29(3)4)41-40(43)32-14-9-8-10-15-32)27-42(25-30-13-11-18-35(22-30)44-6-2)26-31-19-20-37-38(23-31)46-28-45-37/h8-20,22-24,29H,5-7,21,25-28H2,1-4H3. The summed E-state index contributed by atoms with van der Waals surface area (Å²) in [5, 5.41) is 0. The molecule has 0 radical (unpaired) electrons. The normalized spacial score (nSPS) is 12.3. The van der Waals surface area contributed by atoms with Crippen molar-refractivity contribution in [1.29, 1.82) is 0 Å². The Labute approximate surface area is 273 Å². The predicted molar refractivity (Wildman–Crippen MR) is 185 cm³/mol. The lowest BCUT2D eigenvalue weighted by atomic mass is 9.99. The van der Waals surface area contributed by atoms with Crippen LogP contribution < -0.4 is 14.2 Å². The molecule has 6 nitrogen and oxygen atoms in total. The van der Waals surface area contributed by atoms with Crippen LogP contribution >= 0.6 is 0 Å². The molecule has 0 spiro atoms. The molecule has 1 aromatic heterocycles. The van der Waals surface area contributed by atoms with Gasteiger partial charge in [0.25, 0.3) is 0 Å². The summed E-state index contributed by atoms with van der Waals surface area (Å²) < 4.78 is 19.7. The van der Waals surface area contributed by atoms with Crippen LogP contribution in [0.2, 0.25) is 0 Å². The molecule has 5 aromatic rings. The number of hydrogen-bond acceptors (Lipinski definition) is 5. The monoisotopic (exact) mass is 615 g/mol. The number of benzene rings is 4. The summed E-state index contributed by atoms with van der Waals surface area (Å²) in [5.74, 6) is 3.96. The summed E-state index contributed by atoms with van der Waals surface area (Å²) in [6.07, 6.45) is 2.18. The minimum atomic E-state index is 0.268. The average Bonchev–Trinajstić information content (AvgIpc) is 3.69. The Bertz CT molecular complexity index is 1740. The maximum atomic E-state index is 5.88. The number of aromatic nitrogens is 2. The molecular weight excluding hydrogens is 570 g/mol. The Morgan fingerprint density at radius 1 is 0.783 bits per heavy atom. The number of hydrogen-bond donors (Lipinski definition) is 0. The van der Waals surface area contributed by atoms with Crippen molar-refractivity contribution >= 4 is 0 Å². The van der Waals surface area contributed by atoms with Gasteiger partial charge < -0.3 is 18.8 Å². The molecule has 6 heteroatoms. The van der Waals surface area contributed by atoms with Crippen LogP contribution in [0.25, 0.3) is 22.6 Å². The fourth-order valence-electron chi connectivity index (χ4n) is 6.12. The van der Waals surface area contributed by atoms with E-state index in [1.54, 1.807) is 0 Å². The molecule has 2 heterocycles. The van der Waals surface area contributed by atoms with Crippen LogP contribution in [0.3, 0.4) is 0 Å². The summed E-state index contributed by atoms with van der Waals surface area (Å²) in [7, 11) is 0. The quantitative estimate of drug-likeness (QED) is 0.125. The smallest absolute Gasteiger partial charge is 0.231 e. The van der Waals surface area contributed by atoms with Gasteiger partial charge in [0.15, 0.2) is 11.5 Å². The summed E-state index contributed by atoms with van der Waals surface area (Å²) in [5.41, 5.74) is 8.28. The van der Waals surface area contributed by atoms with Gasteiger partial charge in [-0.25, -0.2) is 4.98 Å². The number of fused-ring (bicyclic) bond motifs is 1. The zero-order valence-corrected chi connectivity index (χ0v) is 27.5. The van der Waals surface area contributed by atoms with E-state index in [9.17, 15) is 0 Å². The number of imidazole rings is 1. The van der Waals surface area contributed by atoms with E-state index >= 15 is 0 Å². The van der Waals surface area contributed by atoms with Crippen LogP contribution in [0.5, 0.6) is 17.2 Å². The third-order valence-electron chi connectivity index (χ3n) is 8.50. The number of ether oxygens (including phenoxy) is 3. The Kier molecular flexibility index (Phi) is 10.0. The molecule has 1 aliphatic heterocycles. The zero-order chi connectivity index (χ0) is 31.9. The van der Waals surface area contributed by atoms with Gasteiger partial charge >= 0.3 is 0 Å². The Morgan fingerprint density at radius 2 is 1.54 bits per heavy atom. The van der Waals surface area contributed by atoms with Gasteiger partial charge in [-0.05, 0) is 66.3 Å². The molecule has 0 aliphatic carbocycles. The van der Waals surface area contributed by atoms with Crippen LogP contribution in [0.4, 0.5) is 0 Å². The van der Waals surface area contributed by atoms with E-state index in [1.807, 2.05) is 19.1 Å². The molecule has 1 aliphatic rings. The molecule has 0 amide bonds. The highest BCUT2D eigenvalue weighted by atomic mass is 16.7. The van der Waals surface area contributed by atoms with Crippen molar-refractivity contribution in [2.24, 2.45) is 0 Å². The molecule has 238 valence electrons. The van der Waals surface area contributed by atoms with E-state index in [0.29, 0.717) is 12.5 Å². The van der Waals surface area contributed by atoms with Crippen LogP contribution in [-0.2, 0) is 26.2 Å². The highest BCUT2D eigenvalue weighted by molar-refractivity contribution is 5.69. The third kappa shape index (κ3) is 7.29. The largest absolute Gasteiger partial charge is 0.494 e. The van der Waals surface area contributed by atoms with E-state index < -0.39 is 0 Å². The SMILES string of the molecule is CCCCn1c(-c2ccccc2)nc(-c2cccc(C(C)C)c2)c1CN(Cc1cccc(OCC)c1)Cc1ccc2c(c1)OCO2. The van der Waals surface area contributed by atoms with Crippen molar-refractivity contribution in [1.82, 2.24) is 14.5 Å². The molecule has 0 saturated carbocycles. The number of unbranched alkanes of at least 4 members (excludes halogenated alkanes) is 1. The van der Waals surface area contributed by atoms with Gasteiger partial charge in [-0.1, -0.05) is 93.9 Å². The molecule has 46 heavy (non-hydrogen) atoms. The minimum absolute atomic E-state index is 0.268. The van der Waals surface area contributed by atoms with Crippen molar-refractivity contribution < 1.29 is 14.2 Å². The molecule has 0 unspecified atom stereocenters. The second-order valence-electron chi connectivity index (χ2n) is 12.3. The molecule has 0 fully saturated rings. The van der Waals surface area contributed by atoms with Gasteiger partial charge in [0.1, 0.15) is 11.6 Å². The second-order valence-corrected chi connectivity index (χ2v) is 12.3. The van der Waals surface area contributed by atoms with E-state index in [2.05, 4.69) is 115 Å². The first-order valence-electron chi connectivity index (χ1n) is 16.6. The molecule has 4 aromatic carbocycles. The lowest BCUT2D eigenvalue weighted by molar-refractivity contribution is 0.174. The lowest BCUT2D eigenvalue weighted by Gasteiger charge is -2.25. The zero-order valence-electron chi connectivity index (χ0n) is 27.5. The molecular formula is C40H45N3O3. The third-order valence-corrected chi connectivity index (χ3v) is 8.50. The van der Waals surface area contributed by atoms with Crippen molar-refractivity contribution in [3.8, 4) is 39.9 Å². The van der Waals surface area contributed by atoms with E-state index in [-0.39, 0.29) is 6.79 Å². The van der Waals surface area contributed by atoms with E-state index in [1.165, 1.54) is 22.4 Å². The van der Waals surface area contributed by atoms with E-state index in [4.69, 9.17) is 19.2 Å². The first-order valence-corrected chi connectivity index (χ1v) is 16.6. The van der Waals surface area contributed by atoms with Gasteiger partial charge in [0.05, 0.1) is 18.0 Å². The van der Waals surface area contributed by atoms with Gasteiger partial charge in [-0.2, -0.15) is 0 Å². The highest BCUT2D eigenvalue weighted by Gasteiger charge is 2.23. The fraction of sp³-hybridized carbons (Fsp3) is 0.325. The number of rotatable bonds is 14. The molecule has 0 N–H and O–H groups in total. The average molecular weight is 616 g/mol. The van der Waals surface area contributed by atoms with Crippen molar-refractivity contribution in [2.75, 3.05) is 13.4 Å². The van der Waals surface area contributed by atoms with Gasteiger partial charge in [0.2, 0.25) is 6.79 Å². The summed E-state index contributed by atoms with van der Waals surface area (Å²) in [6, 6.07) is 34.3. The fourth-order valence-corrected chi connectivity index (χ4v) is 6.12. The Hall–Kier alpha value is -4.55. The first-order chi connectivity index (χ1) is 22.5. The van der Waals surface area contributed by atoms with Crippen molar-refractivity contribution in [3.63, 3.8) is 0 Å². The van der Waals surface area contributed by atoms with Gasteiger partial charge in [0, 0.05) is 37.3 Å². The predicted octanol–water partition coefficient (Wildman–Crippen LogP) is 9.47. The summed E-state index contributed by atoms with van der Waals surface area (Å²) in [6.45, 7) is 12.8. The molecule has 0 atom stereocenters. The topological polar surface area (TPSA) is 48.8 Å². The minimum Gasteiger partial charge on any atom is -0.494 e. The second kappa shape index (κ2) is 14.7. The highest BCUT2D eigenvalue weighted by Crippen LogP contribution is 2.35. The van der Waals surface area contributed by atoms with Crippen LogP contribution in [0.15, 0.2) is 97.1 Å². The molecule has 0 bridgehead atoms. The molecule has 0 saturated heterocycles. The van der Waals surface area contributed by atoms with Crippen LogP contribution in [0.1, 0.15) is 68.8 Å². The van der Waals surface area contributed by atoms with E-state index in [0.717, 1.165) is 78.9 Å². The number of nitrogens with zero attached hydrogens (tertiary/aromatic N) is 3. The van der Waals surface area contributed by atoms with Crippen LogP contribution in [-0.4, -0.2) is 27.9 Å². The van der Waals surface area contributed by atoms with Crippen LogP contribution in [0, 0.1) is 0 Å². The maximum absolute atomic E-state index is 5.88. The van der Waals surface area contributed by atoms with Gasteiger partial charge in [-0.3, -0.25) is 4.90 Å². The van der Waals surface area contributed by atoms with Crippen molar-refractivity contribution in [3.05, 3.63) is 119 Å². The first kappa shape index (κ1) is 31.4. The lowest BCUT2D eigenvalue weighted by Crippen LogP contribution is -2.24. The Balaban J connectivity index is 1.46. The summed E-state index contributed by atoms with van der Waals surface area (Å²) >= 11 is 0. The summed E-state index contributed by atoms with van der Waals surface area (Å²) in [4.78, 5) is 7.94. The maximum Gasteiger partial charge on any atom is 0.231 e. The molecule has 6 rings (SSSR count).